The van der Waals surface area contributed by atoms with E-state index in [4.69, 9.17) is 9.97 Å². The van der Waals surface area contributed by atoms with Crippen LogP contribution < -0.4 is 14.7 Å². The summed E-state index contributed by atoms with van der Waals surface area (Å²) in [6.45, 7) is 8.87. The third-order valence-corrected chi connectivity index (χ3v) is 9.68. The predicted octanol–water partition coefficient (Wildman–Crippen LogP) is 4.56. The van der Waals surface area contributed by atoms with E-state index in [1.54, 1.807) is 4.90 Å². The number of likely N-dealkylation sites (N-methyl/N-ethyl adjacent to an activating group) is 1. The fourth-order valence-corrected chi connectivity index (χ4v) is 7.11. The first-order chi connectivity index (χ1) is 20.5. The van der Waals surface area contributed by atoms with Gasteiger partial charge >= 0.3 is 0 Å². The Balaban J connectivity index is 1.38. The van der Waals surface area contributed by atoms with E-state index >= 15 is 0 Å². The summed E-state index contributed by atoms with van der Waals surface area (Å²) in [6, 6.07) is 17.6. The van der Waals surface area contributed by atoms with Gasteiger partial charge in [-0.05, 0) is 43.8 Å². The smallest absolute Gasteiger partial charge is 0.246 e. The molecule has 0 N–H and O–H groups in total. The van der Waals surface area contributed by atoms with Gasteiger partial charge in [0, 0.05) is 84.8 Å². The number of carbonyl (C=O) groups excluding carboxylic acids is 1. The van der Waals surface area contributed by atoms with Crippen LogP contribution >= 0.6 is 22.9 Å². The van der Waals surface area contributed by atoms with Crippen LogP contribution in [0.4, 0.5) is 17.5 Å². The van der Waals surface area contributed by atoms with Gasteiger partial charge in [0.2, 0.25) is 11.9 Å². The molecule has 2 saturated heterocycles. The molecular weight excluding hydrogens is 639 g/mol. The van der Waals surface area contributed by atoms with E-state index in [0.29, 0.717) is 32.2 Å². The number of carbonyl (C=O) groups is 1. The van der Waals surface area contributed by atoms with Gasteiger partial charge in [0.05, 0.1) is 30.8 Å². The molecule has 0 bridgehead atoms. The molecule has 3 aliphatic rings. The largest absolute Gasteiger partial charge is 0.365 e. The van der Waals surface area contributed by atoms with Gasteiger partial charge in [-0.3, -0.25) is 4.79 Å². The molecule has 2 fully saturated rings. The number of nitrogens with zero attached hydrogens (tertiary/aromatic N) is 8. The van der Waals surface area contributed by atoms with Crippen molar-refractivity contribution in [3.05, 3.63) is 66.4 Å². The van der Waals surface area contributed by atoms with Crippen LogP contribution in [0.5, 0.6) is 0 Å². The quantitative estimate of drug-likeness (QED) is 0.214. The van der Waals surface area contributed by atoms with Gasteiger partial charge in [-0.2, -0.15) is 10.2 Å². The average molecular weight is 677 g/mol. The molecule has 0 radical (unpaired) electrons. The van der Waals surface area contributed by atoms with Crippen LogP contribution in [-0.4, -0.2) is 82.3 Å². The molecule has 1 aromatic heterocycles. The minimum atomic E-state index is -0.203. The van der Waals surface area contributed by atoms with Gasteiger partial charge in [0.1, 0.15) is 5.82 Å². The molecule has 9 nitrogen and oxygen atoms in total. The SMILES string of the molecule is C=CC(=O)N1CCN(c2nc(N3CCCC(N(C)I)C3)nc3c2CCN(c2cccc4ccccc24)C3)C[C@@H]1CC#N. The lowest BCUT2D eigenvalue weighted by molar-refractivity contribution is -0.128. The van der Waals surface area contributed by atoms with Crippen molar-refractivity contribution in [2.45, 2.75) is 44.3 Å². The van der Waals surface area contributed by atoms with Crippen LogP contribution in [0, 0.1) is 11.3 Å². The second-order valence-corrected chi connectivity index (χ2v) is 12.9. The number of amides is 1. The van der Waals surface area contributed by atoms with Crippen molar-refractivity contribution in [2.75, 3.05) is 61.0 Å². The number of halogens is 1. The highest BCUT2D eigenvalue weighted by molar-refractivity contribution is 14.1. The van der Waals surface area contributed by atoms with Gasteiger partial charge < -0.3 is 19.6 Å². The molecule has 2 atom stereocenters. The number of nitriles is 1. The third kappa shape index (κ3) is 5.64. The molecule has 2 aromatic carbocycles. The Kier molecular flexibility index (Phi) is 8.49. The second-order valence-electron chi connectivity index (χ2n) is 11.4. The van der Waals surface area contributed by atoms with E-state index in [0.717, 1.165) is 56.4 Å². The van der Waals surface area contributed by atoms with Crippen LogP contribution in [0.25, 0.3) is 10.8 Å². The zero-order valence-corrected chi connectivity index (χ0v) is 26.3. The van der Waals surface area contributed by atoms with Crippen molar-refractivity contribution in [3.63, 3.8) is 0 Å². The number of piperazine rings is 1. The van der Waals surface area contributed by atoms with Crippen LogP contribution in [0.2, 0.25) is 0 Å². The average Bonchev–Trinajstić information content (AvgIpc) is 3.03. The highest BCUT2D eigenvalue weighted by atomic mass is 127. The number of anilines is 3. The lowest BCUT2D eigenvalue weighted by atomic mass is 10.0. The van der Waals surface area contributed by atoms with Crippen molar-refractivity contribution in [3.8, 4) is 6.07 Å². The maximum atomic E-state index is 12.6. The number of rotatable bonds is 6. The summed E-state index contributed by atoms with van der Waals surface area (Å²) < 4.78 is 2.27. The predicted molar refractivity (Wildman–Crippen MR) is 176 cm³/mol. The van der Waals surface area contributed by atoms with Crippen molar-refractivity contribution >= 4 is 57.0 Å². The Morgan fingerprint density at radius 2 is 1.93 bits per heavy atom. The third-order valence-electron chi connectivity index (χ3n) is 8.89. The summed E-state index contributed by atoms with van der Waals surface area (Å²) in [5.41, 5.74) is 3.49. The first kappa shape index (κ1) is 28.7. The Bertz CT molecular complexity index is 1510. The molecular formula is C32H37IN8O. The molecule has 10 heteroatoms. The number of fused-ring (bicyclic) bond motifs is 2. The summed E-state index contributed by atoms with van der Waals surface area (Å²) in [5, 5.41) is 12.1. The number of aromatic nitrogens is 2. The highest BCUT2D eigenvalue weighted by Gasteiger charge is 2.34. The molecule has 6 rings (SSSR count). The molecule has 0 aliphatic carbocycles. The lowest BCUT2D eigenvalue weighted by Crippen LogP contribution is -2.55. The van der Waals surface area contributed by atoms with Crippen LogP contribution in [0.15, 0.2) is 55.1 Å². The van der Waals surface area contributed by atoms with Crippen molar-refractivity contribution in [1.29, 1.82) is 5.26 Å². The lowest BCUT2D eigenvalue weighted by Gasteiger charge is -2.43. The molecule has 1 amide bonds. The molecule has 0 saturated carbocycles. The van der Waals surface area contributed by atoms with Gasteiger partial charge in [-0.25, -0.2) is 8.10 Å². The van der Waals surface area contributed by atoms with Crippen LogP contribution in [0.3, 0.4) is 0 Å². The maximum Gasteiger partial charge on any atom is 0.246 e. The molecule has 4 heterocycles. The van der Waals surface area contributed by atoms with Crippen molar-refractivity contribution in [1.82, 2.24) is 18.0 Å². The molecule has 1 unspecified atom stereocenters. The fourth-order valence-electron chi connectivity index (χ4n) is 6.65. The minimum absolute atomic E-state index is 0.117. The van der Waals surface area contributed by atoms with Gasteiger partial charge in [0.25, 0.3) is 0 Å². The number of benzene rings is 2. The Morgan fingerprint density at radius 3 is 2.74 bits per heavy atom. The summed E-state index contributed by atoms with van der Waals surface area (Å²) in [7, 11) is 2.13. The number of piperidine rings is 1. The molecule has 42 heavy (non-hydrogen) atoms. The van der Waals surface area contributed by atoms with Gasteiger partial charge in [-0.15, -0.1) is 0 Å². The van der Waals surface area contributed by atoms with E-state index in [1.165, 1.54) is 28.1 Å². The summed E-state index contributed by atoms with van der Waals surface area (Å²) in [6.07, 6.45) is 4.73. The zero-order chi connectivity index (χ0) is 29.2. The minimum Gasteiger partial charge on any atom is -0.365 e. The Hall–Kier alpha value is -3.43. The number of hydrogen-bond acceptors (Lipinski definition) is 8. The van der Waals surface area contributed by atoms with Crippen molar-refractivity contribution < 1.29 is 4.79 Å². The monoisotopic (exact) mass is 676 g/mol. The topological polar surface area (TPSA) is 82.8 Å². The first-order valence-corrected chi connectivity index (χ1v) is 15.7. The van der Waals surface area contributed by atoms with E-state index in [2.05, 4.69) is 103 Å². The Morgan fingerprint density at radius 1 is 1.10 bits per heavy atom. The van der Waals surface area contributed by atoms with E-state index in [-0.39, 0.29) is 18.4 Å². The fraction of sp³-hybridized carbons (Fsp3) is 0.438. The molecule has 3 aliphatic heterocycles. The van der Waals surface area contributed by atoms with Crippen molar-refractivity contribution in [2.24, 2.45) is 0 Å². The van der Waals surface area contributed by atoms with E-state index in [1.807, 2.05) is 0 Å². The highest BCUT2D eigenvalue weighted by Crippen LogP contribution is 2.35. The van der Waals surface area contributed by atoms with E-state index in [9.17, 15) is 10.1 Å². The Labute approximate surface area is 261 Å². The standard InChI is InChI=1S/C32H37IN8O/c1-3-30(42)41-19-18-39(21-25(41)13-15-34)31-27-14-17-38(29-12-6-9-23-8-4-5-11-26(23)29)22-28(27)35-32(36-31)40-16-7-10-24(20-40)37(2)33/h3-6,8-9,11-12,24-25H,1,7,10,13-14,16-22H2,2H3/t24?,25-/m0/s1. The maximum absolute atomic E-state index is 12.6. The van der Waals surface area contributed by atoms with Gasteiger partial charge in [-0.1, -0.05) is 43.0 Å². The second kappa shape index (κ2) is 12.4. The molecule has 218 valence electrons. The normalized spacial score (nSPS) is 20.9. The molecule has 0 spiro atoms. The van der Waals surface area contributed by atoms with Crippen LogP contribution in [0.1, 0.15) is 30.5 Å². The molecule has 3 aromatic rings. The summed E-state index contributed by atoms with van der Waals surface area (Å²) in [4.78, 5) is 31.9. The van der Waals surface area contributed by atoms with Gasteiger partial charge in [0.15, 0.2) is 0 Å². The van der Waals surface area contributed by atoms with E-state index < -0.39 is 0 Å². The number of hydrogen-bond donors (Lipinski definition) is 0. The summed E-state index contributed by atoms with van der Waals surface area (Å²) in [5.74, 6) is 1.63. The van der Waals surface area contributed by atoms with Crippen LogP contribution in [-0.2, 0) is 17.8 Å². The first-order valence-electron chi connectivity index (χ1n) is 14.8. The summed E-state index contributed by atoms with van der Waals surface area (Å²) >= 11 is 2.39. The zero-order valence-electron chi connectivity index (χ0n) is 24.1.